The van der Waals surface area contributed by atoms with Gasteiger partial charge in [0.25, 0.3) is 0 Å². The number of oxime groups is 1. The molecule has 0 N–H and O–H groups in total. The number of hydrogen-bond donors (Lipinski definition) is 0. The van der Waals surface area contributed by atoms with Gasteiger partial charge in [0.2, 0.25) is 0 Å². The second kappa shape index (κ2) is 5.17. The smallest absolute Gasteiger partial charge is 0.130 e. The Kier molecular flexibility index (Phi) is 3.85. The van der Waals surface area contributed by atoms with Crippen molar-refractivity contribution in [1.29, 1.82) is 0 Å². The molecular formula is C11H14N2O. The third-order valence-corrected chi connectivity index (χ3v) is 1.91. The van der Waals surface area contributed by atoms with Gasteiger partial charge in [0.05, 0.1) is 5.71 Å². The zero-order valence-electron chi connectivity index (χ0n) is 8.69. The first kappa shape index (κ1) is 10.4. The van der Waals surface area contributed by atoms with Gasteiger partial charge in [-0.2, -0.15) is 0 Å². The molecule has 1 rings (SSSR count). The monoisotopic (exact) mass is 190 g/mol. The van der Waals surface area contributed by atoms with E-state index < -0.39 is 0 Å². The number of benzene rings is 1. The number of rotatable bonds is 3. The van der Waals surface area contributed by atoms with Gasteiger partial charge in [-0.05, 0) is 6.92 Å². The van der Waals surface area contributed by atoms with E-state index in [2.05, 4.69) is 10.1 Å². The highest BCUT2D eigenvalue weighted by atomic mass is 16.6. The number of hydrogen-bond acceptors (Lipinski definition) is 3. The Bertz CT molecular complexity index is 342. The molecule has 0 fully saturated rings. The molecule has 1 aromatic carbocycles. The van der Waals surface area contributed by atoms with Crippen molar-refractivity contribution in [3.8, 4) is 0 Å². The lowest BCUT2D eigenvalue weighted by Crippen LogP contribution is -2.12. The van der Waals surface area contributed by atoms with Gasteiger partial charge in [-0.15, -0.1) is 0 Å². The molecule has 0 heterocycles. The van der Waals surface area contributed by atoms with Crippen LogP contribution in [0.25, 0.3) is 0 Å². The number of aliphatic imine (C=N–C) groups is 1. The fraction of sp³-hybridized carbons (Fsp3) is 0.273. The molecule has 0 amide bonds. The van der Waals surface area contributed by atoms with Gasteiger partial charge >= 0.3 is 0 Å². The minimum atomic E-state index is 0.774. The SMILES string of the molecule is CN=C(C)/C(=N\OC)c1ccccc1. The Labute approximate surface area is 84.1 Å². The van der Waals surface area contributed by atoms with E-state index >= 15 is 0 Å². The summed E-state index contributed by atoms with van der Waals surface area (Å²) in [6.45, 7) is 1.91. The van der Waals surface area contributed by atoms with E-state index in [-0.39, 0.29) is 0 Å². The van der Waals surface area contributed by atoms with Crippen LogP contribution in [0.15, 0.2) is 40.5 Å². The Morgan fingerprint density at radius 2 is 1.86 bits per heavy atom. The summed E-state index contributed by atoms with van der Waals surface area (Å²) in [6, 6.07) is 9.85. The van der Waals surface area contributed by atoms with Crippen LogP contribution in [0.1, 0.15) is 12.5 Å². The minimum Gasteiger partial charge on any atom is -0.399 e. The maximum Gasteiger partial charge on any atom is 0.130 e. The molecule has 0 aliphatic heterocycles. The summed E-state index contributed by atoms with van der Waals surface area (Å²) in [6.07, 6.45) is 0. The Balaban J connectivity index is 3.08. The average molecular weight is 190 g/mol. The minimum absolute atomic E-state index is 0.774. The lowest BCUT2D eigenvalue weighted by Gasteiger charge is -2.04. The topological polar surface area (TPSA) is 34.0 Å². The molecule has 0 atom stereocenters. The van der Waals surface area contributed by atoms with E-state index in [1.54, 1.807) is 7.05 Å². The Hall–Kier alpha value is -1.64. The summed E-state index contributed by atoms with van der Waals surface area (Å²) in [7, 11) is 3.27. The van der Waals surface area contributed by atoms with Crippen molar-refractivity contribution in [3.05, 3.63) is 35.9 Å². The highest BCUT2D eigenvalue weighted by Crippen LogP contribution is 2.03. The van der Waals surface area contributed by atoms with Gasteiger partial charge < -0.3 is 4.84 Å². The first-order valence-electron chi connectivity index (χ1n) is 4.40. The van der Waals surface area contributed by atoms with Crippen molar-refractivity contribution < 1.29 is 4.84 Å². The predicted octanol–water partition coefficient (Wildman–Crippen LogP) is 2.13. The highest BCUT2D eigenvalue weighted by Gasteiger charge is 2.06. The summed E-state index contributed by atoms with van der Waals surface area (Å²) in [5, 5.41) is 3.95. The van der Waals surface area contributed by atoms with Crippen LogP contribution in [0.4, 0.5) is 0 Å². The van der Waals surface area contributed by atoms with Gasteiger partial charge in [0.1, 0.15) is 12.8 Å². The van der Waals surface area contributed by atoms with E-state index in [4.69, 9.17) is 4.84 Å². The molecule has 0 aromatic heterocycles. The lowest BCUT2D eigenvalue weighted by atomic mass is 10.1. The molecule has 0 saturated heterocycles. The fourth-order valence-corrected chi connectivity index (χ4v) is 1.12. The van der Waals surface area contributed by atoms with Crippen LogP contribution in [0.3, 0.4) is 0 Å². The molecule has 3 nitrogen and oxygen atoms in total. The van der Waals surface area contributed by atoms with Crippen LogP contribution in [0.5, 0.6) is 0 Å². The van der Waals surface area contributed by atoms with Crippen LogP contribution in [-0.4, -0.2) is 25.6 Å². The number of nitrogens with zero attached hydrogens (tertiary/aromatic N) is 2. The van der Waals surface area contributed by atoms with Crippen molar-refractivity contribution in [1.82, 2.24) is 0 Å². The molecule has 0 bridgehead atoms. The quantitative estimate of drug-likeness (QED) is 0.531. The average Bonchev–Trinajstić information content (AvgIpc) is 2.26. The van der Waals surface area contributed by atoms with E-state index in [0.29, 0.717) is 0 Å². The molecule has 74 valence electrons. The molecule has 14 heavy (non-hydrogen) atoms. The fourth-order valence-electron chi connectivity index (χ4n) is 1.12. The molecule has 1 aromatic rings. The van der Waals surface area contributed by atoms with Crippen molar-refractivity contribution in [2.75, 3.05) is 14.2 Å². The van der Waals surface area contributed by atoms with Crippen molar-refractivity contribution in [2.24, 2.45) is 10.1 Å². The lowest BCUT2D eigenvalue weighted by molar-refractivity contribution is 0.214. The first-order valence-corrected chi connectivity index (χ1v) is 4.40. The van der Waals surface area contributed by atoms with Gasteiger partial charge in [-0.3, -0.25) is 4.99 Å². The van der Waals surface area contributed by atoms with Gasteiger partial charge in [0.15, 0.2) is 0 Å². The highest BCUT2D eigenvalue weighted by molar-refractivity contribution is 6.47. The maximum absolute atomic E-state index is 4.79. The van der Waals surface area contributed by atoms with E-state index in [1.165, 1.54) is 7.11 Å². The second-order valence-electron chi connectivity index (χ2n) is 2.80. The molecule has 0 radical (unpaired) electrons. The summed E-state index contributed by atoms with van der Waals surface area (Å²) in [5.41, 5.74) is 2.64. The normalized spacial score (nSPS) is 12.8. The van der Waals surface area contributed by atoms with Crippen molar-refractivity contribution >= 4 is 11.4 Å². The zero-order chi connectivity index (χ0) is 10.4. The first-order chi connectivity index (χ1) is 6.79. The van der Waals surface area contributed by atoms with Gasteiger partial charge in [-0.25, -0.2) is 0 Å². The summed E-state index contributed by atoms with van der Waals surface area (Å²) in [4.78, 5) is 8.88. The van der Waals surface area contributed by atoms with Crippen LogP contribution in [0, 0.1) is 0 Å². The van der Waals surface area contributed by atoms with Crippen LogP contribution >= 0.6 is 0 Å². The molecule has 0 aliphatic carbocycles. The van der Waals surface area contributed by atoms with E-state index in [9.17, 15) is 0 Å². The van der Waals surface area contributed by atoms with E-state index in [0.717, 1.165) is 17.0 Å². The van der Waals surface area contributed by atoms with Crippen molar-refractivity contribution in [3.63, 3.8) is 0 Å². The summed E-state index contributed by atoms with van der Waals surface area (Å²) >= 11 is 0. The standard InChI is InChI=1S/C11H14N2O/c1-9(12-2)11(13-14-3)10-7-5-4-6-8-10/h4-8H,1-3H3/b12-9?,13-11+. The second-order valence-corrected chi connectivity index (χ2v) is 2.80. The zero-order valence-corrected chi connectivity index (χ0v) is 8.69. The molecule has 0 aliphatic rings. The maximum atomic E-state index is 4.79. The third kappa shape index (κ3) is 2.42. The van der Waals surface area contributed by atoms with Crippen LogP contribution in [0.2, 0.25) is 0 Å². The summed E-state index contributed by atoms with van der Waals surface area (Å²) < 4.78 is 0. The van der Waals surface area contributed by atoms with Gasteiger partial charge in [-0.1, -0.05) is 35.5 Å². The third-order valence-electron chi connectivity index (χ3n) is 1.91. The molecular weight excluding hydrogens is 176 g/mol. The molecule has 0 spiro atoms. The predicted molar refractivity (Wildman–Crippen MR) is 59.0 cm³/mol. The summed E-state index contributed by atoms with van der Waals surface area (Å²) in [5.74, 6) is 0. The molecule has 3 heteroatoms. The Morgan fingerprint density at radius 3 is 2.36 bits per heavy atom. The largest absolute Gasteiger partial charge is 0.399 e. The van der Waals surface area contributed by atoms with Crippen LogP contribution < -0.4 is 0 Å². The molecule has 0 saturated carbocycles. The Morgan fingerprint density at radius 1 is 1.21 bits per heavy atom. The van der Waals surface area contributed by atoms with Gasteiger partial charge in [0, 0.05) is 12.6 Å². The van der Waals surface area contributed by atoms with E-state index in [1.807, 2.05) is 37.3 Å². The van der Waals surface area contributed by atoms with Crippen LogP contribution in [-0.2, 0) is 4.84 Å². The molecule has 0 unspecified atom stereocenters. The van der Waals surface area contributed by atoms with Crippen molar-refractivity contribution in [2.45, 2.75) is 6.92 Å².